The highest BCUT2D eigenvalue weighted by Crippen LogP contribution is 2.29. The van der Waals surface area contributed by atoms with Crippen molar-refractivity contribution in [2.75, 3.05) is 5.32 Å². The van der Waals surface area contributed by atoms with Crippen LogP contribution in [0.2, 0.25) is 0 Å². The van der Waals surface area contributed by atoms with E-state index in [1.54, 1.807) is 0 Å². The van der Waals surface area contributed by atoms with Gasteiger partial charge in [0.25, 0.3) is 0 Å². The van der Waals surface area contributed by atoms with Crippen LogP contribution in [0.1, 0.15) is 25.5 Å². The van der Waals surface area contributed by atoms with Gasteiger partial charge in [-0.3, -0.25) is 0 Å². The van der Waals surface area contributed by atoms with Gasteiger partial charge in [0.2, 0.25) is 0 Å². The Morgan fingerprint density at radius 1 is 1.43 bits per heavy atom. The van der Waals surface area contributed by atoms with Gasteiger partial charge < -0.3 is 5.32 Å². The Morgan fingerprint density at radius 2 is 2.21 bits per heavy atom. The number of hydrogen-bond acceptors (Lipinski definition) is 2. The molecule has 1 heterocycles. The summed E-state index contributed by atoms with van der Waals surface area (Å²) in [6, 6.07) is 4.83. The summed E-state index contributed by atoms with van der Waals surface area (Å²) in [6.07, 6.45) is 2.63. The third-order valence-corrected chi connectivity index (χ3v) is 4.11. The maximum absolute atomic E-state index is 4.51. The molecule has 1 aromatic rings. The van der Waals surface area contributed by atoms with Gasteiger partial charge in [-0.05, 0) is 60.4 Å². The van der Waals surface area contributed by atoms with Crippen LogP contribution < -0.4 is 5.32 Å². The van der Waals surface area contributed by atoms with Crippen molar-refractivity contribution in [3.63, 3.8) is 0 Å². The molecule has 14 heavy (non-hydrogen) atoms. The van der Waals surface area contributed by atoms with Crippen LogP contribution in [0.3, 0.4) is 0 Å². The van der Waals surface area contributed by atoms with E-state index in [-0.39, 0.29) is 0 Å². The molecule has 76 valence electrons. The Hall–Kier alpha value is -0.320. The summed E-state index contributed by atoms with van der Waals surface area (Å²) in [5, 5.41) is 3.48. The lowest BCUT2D eigenvalue weighted by atomic mass is 9.81. The average molecular weight is 302 g/mol. The lowest BCUT2D eigenvalue weighted by Gasteiger charge is -2.34. The number of hydrogen-bond donors (Lipinski definition) is 1. The highest BCUT2D eigenvalue weighted by atomic mass is 127. The monoisotopic (exact) mass is 302 g/mol. The second-order valence-electron chi connectivity index (χ2n) is 4.07. The SMILES string of the molecule is Cc1nc(NC2CCC2C)ccc1I. The minimum atomic E-state index is 0.641. The smallest absolute Gasteiger partial charge is 0.126 e. The molecule has 3 heteroatoms. The minimum absolute atomic E-state index is 0.641. The zero-order valence-electron chi connectivity index (χ0n) is 8.55. The number of halogens is 1. The van der Waals surface area contributed by atoms with E-state index in [0.717, 1.165) is 17.4 Å². The zero-order chi connectivity index (χ0) is 10.1. The van der Waals surface area contributed by atoms with Crippen molar-refractivity contribution in [1.82, 2.24) is 4.98 Å². The fourth-order valence-electron chi connectivity index (χ4n) is 1.70. The molecule has 1 N–H and O–H groups in total. The van der Waals surface area contributed by atoms with Gasteiger partial charge in [-0.25, -0.2) is 4.98 Å². The molecule has 1 aliphatic carbocycles. The Morgan fingerprint density at radius 3 is 2.71 bits per heavy atom. The first kappa shape index (κ1) is 10.2. The molecule has 0 aromatic carbocycles. The van der Waals surface area contributed by atoms with E-state index in [9.17, 15) is 0 Å². The highest BCUT2D eigenvalue weighted by Gasteiger charge is 2.26. The lowest BCUT2D eigenvalue weighted by molar-refractivity contribution is 0.303. The van der Waals surface area contributed by atoms with Crippen molar-refractivity contribution in [2.45, 2.75) is 32.7 Å². The zero-order valence-corrected chi connectivity index (χ0v) is 10.7. The molecule has 0 aliphatic heterocycles. The molecular formula is C11H15IN2. The van der Waals surface area contributed by atoms with Gasteiger partial charge in [0, 0.05) is 9.61 Å². The predicted octanol–water partition coefficient (Wildman–Crippen LogP) is 3.21. The van der Waals surface area contributed by atoms with Gasteiger partial charge in [0.1, 0.15) is 5.82 Å². The van der Waals surface area contributed by atoms with Crippen molar-refractivity contribution in [1.29, 1.82) is 0 Å². The Labute approximate surface area is 98.6 Å². The van der Waals surface area contributed by atoms with Gasteiger partial charge in [-0.1, -0.05) is 6.92 Å². The summed E-state index contributed by atoms with van der Waals surface area (Å²) in [5.41, 5.74) is 1.11. The first-order valence-corrected chi connectivity index (χ1v) is 6.14. The molecule has 2 unspecified atom stereocenters. The van der Waals surface area contributed by atoms with Crippen LogP contribution >= 0.6 is 22.6 Å². The topological polar surface area (TPSA) is 24.9 Å². The predicted molar refractivity (Wildman–Crippen MR) is 67.5 cm³/mol. The Kier molecular flexibility index (Phi) is 2.95. The number of nitrogens with one attached hydrogen (secondary N) is 1. The number of anilines is 1. The number of pyridine rings is 1. The first-order chi connectivity index (χ1) is 6.66. The van der Waals surface area contributed by atoms with E-state index < -0.39 is 0 Å². The van der Waals surface area contributed by atoms with Crippen molar-refractivity contribution >= 4 is 28.4 Å². The molecule has 1 aromatic heterocycles. The van der Waals surface area contributed by atoms with Gasteiger partial charge >= 0.3 is 0 Å². The van der Waals surface area contributed by atoms with Gasteiger partial charge in [-0.15, -0.1) is 0 Å². The molecule has 1 saturated carbocycles. The van der Waals surface area contributed by atoms with Crippen LogP contribution in [0.25, 0.3) is 0 Å². The summed E-state index contributed by atoms with van der Waals surface area (Å²) >= 11 is 2.31. The highest BCUT2D eigenvalue weighted by molar-refractivity contribution is 14.1. The second kappa shape index (κ2) is 4.04. The average Bonchev–Trinajstić information content (AvgIpc) is 2.17. The van der Waals surface area contributed by atoms with Gasteiger partial charge in [0.15, 0.2) is 0 Å². The Balaban J connectivity index is 2.06. The molecule has 2 atom stereocenters. The van der Waals surface area contributed by atoms with Crippen molar-refractivity contribution in [2.24, 2.45) is 5.92 Å². The standard InChI is InChI=1S/C11H15IN2/c1-7-3-5-10(7)14-11-6-4-9(12)8(2)13-11/h4,6-7,10H,3,5H2,1-2H3,(H,13,14). The number of aromatic nitrogens is 1. The number of aryl methyl sites for hydroxylation is 1. The largest absolute Gasteiger partial charge is 0.367 e. The minimum Gasteiger partial charge on any atom is -0.367 e. The molecule has 0 amide bonds. The van der Waals surface area contributed by atoms with E-state index in [4.69, 9.17) is 0 Å². The molecule has 0 radical (unpaired) electrons. The van der Waals surface area contributed by atoms with E-state index in [1.807, 2.05) is 0 Å². The fraction of sp³-hybridized carbons (Fsp3) is 0.545. The van der Waals surface area contributed by atoms with Crippen LogP contribution in [0.4, 0.5) is 5.82 Å². The normalized spacial score (nSPS) is 25.6. The van der Waals surface area contributed by atoms with Gasteiger partial charge in [-0.2, -0.15) is 0 Å². The maximum atomic E-state index is 4.51. The van der Waals surface area contributed by atoms with Crippen LogP contribution in [-0.2, 0) is 0 Å². The van der Waals surface area contributed by atoms with Crippen LogP contribution in [0, 0.1) is 16.4 Å². The quantitative estimate of drug-likeness (QED) is 0.849. The van der Waals surface area contributed by atoms with Crippen LogP contribution in [0.15, 0.2) is 12.1 Å². The van der Waals surface area contributed by atoms with E-state index in [1.165, 1.54) is 16.4 Å². The summed E-state index contributed by atoms with van der Waals surface area (Å²) in [6.45, 7) is 4.35. The summed E-state index contributed by atoms with van der Waals surface area (Å²) in [7, 11) is 0. The fourth-order valence-corrected chi connectivity index (χ4v) is 2.00. The molecular weight excluding hydrogens is 287 g/mol. The van der Waals surface area contributed by atoms with Gasteiger partial charge in [0.05, 0.1) is 5.69 Å². The summed E-state index contributed by atoms with van der Waals surface area (Å²) in [5.74, 6) is 1.83. The molecule has 1 fully saturated rings. The molecule has 0 bridgehead atoms. The molecule has 2 nitrogen and oxygen atoms in total. The lowest BCUT2D eigenvalue weighted by Crippen LogP contribution is -2.36. The van der Waals surface area contributed by atoms with E-state index in [2.05, 4.69) is 58.9 Å². The molecule has 1 aliphatic rings. The summed E-state index contributed by atoms with van der Waals surface area (Å²) < 4.78 is 1.23. The van der Waals surface area contributed by atoms with Crippen LogP contribution in [0.5, 0.6) is 0 Å². The molecule has 0 spiro atoms. The number of rotatable bonds is 2. The first-order valence-electron chi connectivity index (χ1n) is 5.06. The summed E-state index contributed by atoms with van der Waals surface area (Å²) in [4.78, 5) is 4.51. The molecule has 0 saturated heterocycles. The second-order valence-corrected chi connectivity index (χ2v) is 5.23. The molecule has 2 rings (SSSR count). The maximum Gasteiger partial charge on any atom is 0.126 e. The third kappa shape index (κ3) is 2.02. The van der Waals surface area contributed by atoms with Crippen molar-refractivity contribution < 1.29 is 0 Å². The van der Waals surface area contributed by atoms with Crippen molar-refractivity contribution in [3.8, 4) is 0 Å². The van der Waals surface area contributed by atoms with Crippen LogP contribution in [-0.4, -0.2) is 11.0 Å². The number of nitrogens with zero attached hydrogens (tertiary/aromatic N) is 1. The Bertz CT molecular complexity index is 338. The van der Waals surface area contributed by atoms with E-state index >= 15 is 0 Å². The van der Waals surface area contributed by atoms with Crippen molar-refractivity contribution in [3.05, 3.63) is 21.4 Å². The van der Waals surface area contributed by atoms with E-state index in [0.29, 0.717) is 6.04 Å². The third-order valence-electron chi connectivity index (χ3n) is 2.97.